The van der Waals surface area contributed by atoms with Crippen LogP contribution in [0.15, 0.2) is 34.5 Å². The van der Waals surface area contributed by atoms with Gasteiger partial charge in [0.1, 0.15) is 17.3 Å². The summed E-state index contributed by atoms with van der Waals surface area (Å²) in [5.41, 5.74) is 7.69. The third-order valence-corrected chi connectivity index (χ3v) is 5.98. The fourth-order valence-electron chi connectivity index (χ4n) is 4.68. The third kappa shape index (κ3) is 5.45. The minimum absolute atomic E-state index is 0.0560. The number of rotatable bonds is 9. The molecule has 1 saturated carbocycles. The monoisotopic (exact) mass is 458 g/mol. The highest BCUT2D eigenvalue weighted by Crippen LogP contribution is 2.48. The number of nitrogens with zero attached hydrogens (tertiary/aromatic N) is 1. The van der Waals surface area contributed by atoms with Gasteiger partial charge in [0.25, 0.3) is 0 Å². The molecule has 2 unspecified atom stereocenters. The van der Waals surface area contributed by atoms with Gasteiger partial charge >= 0.3 is 5.97 Å². The maximum Gasteiger partial charge on any atom is 0.336 e. The number of nitrogens with two attached hydrogens (primary N) is 1. The molecule has 0 aromatic heterocycles. The number of fused-ring (bicyclic) bond motifs is 1. The number of carbonyl (C=O) groups is 2. The van der Waals surface area contributed by atoms with Gasteiger partial charge in [0.15, 0.2) is 0 Å². The van der Waals surface area contributed by atoms with E-state index < -0.39 is 17.8 Å². The van der Waals surface area contributed by atoms with Crippen molar-refractivity contribution in [3.8, 4) is 11.5 Å². The lowest BCUT2D eigenvalue weighted by Gasteiger charge is -2.41. The van der Waals surface area contributed by atoms with E-state index in [1.165, 1.54) is 0 Å². The van der Waals surface area contributed by atoms with Crippen LogP contribution in [-0.4, -0.2) is 58.0 Å². The number of carbonyl (C=O) groups excluding carboxylic acids is 2. The molecule has 0 spiro atoms. The van der Waals surface area contributed by atoms with Gasteiger partial charge < -0.3 is 24.7 Å². The van der Waals surface area contributed by atoms with Gasteiger partial charge in [-0.1, -0.05) is 13.8 Å². The van der Waals surface area contributed by atoms with Gasteiger partial charge in [-0.05, 0) is 36.5 Å². The summed E-state index contributed by atoms with van der Waals surface area (Å²) in [6.45, 7) is 6.85. The fraction of sp³-hybridized carbons (Fsp3) is 0.560. The van der Waals surface area contributed by atoms with Crippen LogP contribution in [0.2, 0.25) is 0 Å². The molecule has 0 radical (unpaired) electrons. The first-order valence-electron chi connectivity index (χ1n) is 11.3. The highest BCUT2D eigenvalue weighted by molar-refractivity contribution is 6.12. The minimum Gasteiger partial charge on any atom is -0.497 e. The molecule has 8 heteroatoms. The van der Waals surface area contributed by atoms with Gasteiger partial charge in [0, 0.05) is 30.7 Å². The van der Waals surface area contributed by atoms with Crippen molar-refractivity contribution in [3.63, 3.8) is 0 Å². The number of Topliss-reactive ketones (excluding diaryl/α,β-unsaturated/α-hetero) is 1. The maximum atomic E-state index is 13.5. The van der Waals surface area contributed by atoms with Crippen molar-refractivity contribution in [3.05, 3.63) is 35.0 Å². The van der Waals surface area contributed by atoms with Gasteiger partial charge in [-0.3, -0.25) is 9.79 Å². The molecule has 1 aromatic rings. The molecule has 0 saturated heterocycles. The fourth-order valence-corrected chi connectivity index (χ4v) is 4.68. The quantitative estimate of drug-likeness (QED) is 0.447. The molecule has 0 bridgehead atoms. The Balaban J connectivity index is 2.24. The summed E-state index contributed by atoms with van der Waals surface area (Å²) >= 11 is 0. The highest BCUT2D eigenvalue weighted by atomic mass is 16.5. The lowest BCUT2D eigenvalue weighted by molar-refractivity contribution is -0.139. The highest BCUT2D eigenvalue weighted by Gasteiger charge is 2.48. The number of benzene rings is 1. The smallest absolute Gasteiger partial charge is 0.336 e. The summed E-state index contributed by atoms with van der Waals surface area (Å²) in [6, 6.07) is 5.42. The molecule has 0 amide bonds. The van der Waals surface area contributed by atoms with E-state index in [0.29, 0.717) is 48.8 Å². The lowest BCUT2D eigenvalue weighted by Crippen LogP contribution is -2.44. The predicted molar refractivity (Wildman–Crippen MR) is 125 cm³/mol. The Bertz CT molecular complexity index is 943. The number of esters is 1. The molecule has 1 aliphatic heterocycles. The second-order valence-electron chi connectivity index (χ2n) is 9.11. The second-order valence-corrected chi connectivity index (χ2v) is 9.11. The molecule has 3 rings (SSSR count). The van der Waals surface area contributed by atoms with Crippen molar-refractivity contribution in [2.24, 2.45) is 22.1 Å². The Labute approximate surface area is 195 Å². The minimum atomic E-state index is -0.583. The molecule has 1 fully saturated rings. The zero-order chi connectivity index (χ0) is 24.2. The van der Waals surface area contributed by atoms with E-state index in [9.17, 15) is 9.59 Å². The molecule has 2 aliphatic rings. The topological polar surface area (TPSA) is 109 Å². The summed E-state index contributed by atoms with van der Waals surface area (Å²) in [7, 11) is 3.13. The van der Waals surface area contributed by atoms with E-state index in [2.05, 4.69) is 13.8 Å². The number of methoxy groups -OCH3 is 2. The number of hydrogen-bond acceptors (Lipinski definition) is 8. The molecule has 1 aliphatic carbocycles. The van der Waals surface area contributed by atoms with Gasteiger partial charge in [-0.15, -0.1) is 0 Å². The molecule has 33 heavy (non-hydrogen) atoms. The number of hydrogen-bond donors (Lipinski definition) is 1. The van der Waals surface area contributed by atoms with Crippen molar-refractivity contribution >= 4 is 17.5 Å². The van der Waals surface area contributed by atoms with E-state index in [0.717, 1.165) is 11.3 Å². The summed E-state index contributed by atoms with van der Waals surface area (Å²) < 4.78 is 22.0. The first kappa shape index (κ1) is 24.9. The Morgan fingerprint density at radius 2 is 1.79 bits per heavy atom. The predicted octanol–water partition coefficient (Wildman–Crippen LogP) is 3.04. The molecule has 1 heterocycles. The molecular formula is C25H34N2O6. The van der Waals surface area contributed by atoms with Crippen LogP contribution in [-0.2, 0) is 19.1 Å². The molecule has 180 valence electrons. The van der Waals surface area contributed by atoms with Crippen LogP contribution in [0.4, 0.5) is 0 Å². The molecule has 8 nitrogen and oxygen atoms in total. The largest absolute Gasteiger partial charge is 0.497 e. The first-order chi connectivity index (χ1) is 15.7. The van der Waals surface area contributed by atoms with Crippen LogP contribution in [0.25, 0.3) is 0 Å². The van der Waals surface area contributed by atoms with Crippen LogP contribution in [0.1, 0.15) is 45.1 Å². The van der Waals surface area contributed by atoms with Crippen LogP contribution in [0.5, 0.6) is 11.5 Å². The number of ether oxygens (including phenoxy) is 4. The Morgan fingerprint density at radius 3 is 2.36 bits per heavy atom. The van der Waals surface area contributed by atoms with Crippen LogP contribution in [0.3, 0.4) is 0 Å². The van der Waals surface area contributed by atoms with Crippen LogP contribution >= 0.6 is 0 Å². The van der Waals surface area contributed by atoms with Crippen molar-refractivity contribution in [2.75, 3.05) is 40.6 Å². The van der Waals surface area contributed by atoms with E-state index >= 15 is 0 Å². The first-order valence-corrected chi connectivity index (χ1v) is 11.3. The van der Waals surface area contributed by atoms with Crippen molar-refractivity contribution in [1.29, 1.82) is 0 Å². The molecular weight excluding hydrogens is 424 g/mol. The van der Waals surface area contributed by atoms with E-state index in [1.807, 2.05) is 12.1 Å². The summed E-state index contributed by atoms with van der Waals surface area (Å²) in [6.07, 6.45) is 1.06. The Kier molecular flexibility index (Phi) is 7.92. The summed E-state index contributed by atoms with van der Waals surface area (Å²) in [5, 5.41) is 0. The molecule has 1 aromatic carbocycles. The van der Waals surface area contributed by atoms with Gasteiger partial charge in [0.2, 0.25) is 0 Å². The Morgan fingerprint density at radius 1 is 1.12 bits per heavy atom. The zero-order valence-electron chi connectivity index (χ0n) is 20.1. The Hall–Kier alpha value is -2.71. The number of aliphatic imine (C=N–C) groups is 1. The average molecular weight is 459 g/mol. The van der Waals surface area contributed by atoms with Crippen molar-refractivity contribution < 1.29 is 28.5 Å². The van der Waals surface area contributed by atoms with E-state index in [4.69, 9.17) is 29.7 Å². The van der Waals surface area contributed by atoms with Crippen molar-refractivity contribution in [1.82, 2.24) is 0 Å². The SMILES string of the molecule is CCOC(=O)C1=C(COCCN)N=C2CC(C)(C)CC(=O)C2C1c1cc(OC)cc(OC)c1. The molecule has 2 N–H and O–H groups in total. The second kappa shape index (κ2) is 10.5. The van der Waals surface area contributed by atoms with Gasteiger partial charge in [-0.2, -0.15) is 0 Å². The normalized spacial score (nSPS) is 21.9. The molecule has 2 atom stereocenters. The number of ketones is 1. The lowest BCUT2D eigenvalue weighted by atomic mass is 9.63. The van der Waals surface area contributed by atoms with E-state index in [-0.39, 0.29) is 24.4 Å². The van der Waals surface area contributed by atoms with Crippen LogP contribution in [0, 0.1) is 11.3 Å². The maximum absolute atomic E-state index is 13.5. The zero-order valence-corrected chi connectivity index (χ0v) is 20.1. The summed E-state index contributed by atoms with van der Waals surface area (Å²) in [4.78, 5) is 31.5. The van der Waals surface area contributed by atoms with Gasteiger partial charge in [-0.25, -0.2) is 4.79 Å². The van der Waals surface area contributed by atoms with E-state index in [1.54, 1.807) is 27.2 Å². The van der Waals surface area contributed by atoms with Gasteiger partial charge in [0.05, 0.1) is 51.2 Å². The third-order valence-electron chi connectivity index (χ3n) is 5.98. The standard InChI is InChI=1S/C25H34N2O6/c1-6-33-24(29)23-19(14-32-8-7-26)27-18-12-25(2,3)13-20(28)22(18)21(23)15-9-16(30-4)11-17(10-15)31-5/h9-11,21-22H,6-8,12-14,26H2,1-5H3. The van der Waals surface area contributed by atoms with Crippen molar-refractivity contribution in [2.45, 2.75) is 39.5 Å². The average Bonchev–Trinajstić information content (AvgIpc) is 2.77. The summed E-state index contributed by atoms with van der Waals surface area (Å²) in [5.74, 6) is -0.452. The van der Waals surface area contributed by atoms with Crippen LogP contribution < -0.4 is 15.2 Å².